The Kier molecular flexibility index (Phi) is 3.89. The summed E-state index contributed by atoms with van der Waals surface area (Å²) in [5.41, 5.74) is 1.26. The zero-order chi connectivity index (χ0) is 15.0. The lowest BCUT2D eigenvalue weighted by Crippen LogP contribution is -2.28. The van der Waals surface area contributed by atoms with Gasteiger partial charge in [-0.2, -0.15) is 0 Å². The highest BCUT2D eigenvalue weighted by molar-refractivity contribution is 5.70. The molecule has 3 atom stereocenters. The lowest BCUT2D eigenvalue weighted by Gasteiger charge is -2.25. The number of carbonyl (C=O) groups is 1. The van der Waals surface area contributed by atoms with Crippen molar-refractivity contribution in [2.75, 3.05) is 21.1 Å². The Balaban J connectivity index is 1.76. The summed E-state index contributed by atoms with van der Waals surface area (Å²) in [4.78, 5) is 15.6. The molecule has 0 bridgehead atoms. The predicted octanol–water partition coefficient (Wildman–Crippen LogP) is 3.29. The van der Waals surface area contributed by atoms with Crippen LogP contribution in [0, 0.1) is 5.92 Å². The van der Waals surface area contributed by atoms with Gasteiger partial charge in [-0.15, -0.1) is 0 Å². The largest absolute Gasteiger partial charge is 0.414 e. The fourth-order valence-electron chi connectivity index (χ4n) is 3.86. The molecule has 1 aliphatic carbocycles. The summed E-state index contributed by atoms with van der Waals surface area (Å²) < 4.78 is 5.37. The minimum Gasteiger partial charge on any atom is -0.410 e. The Hall–Kier alpha value is -1.55. The van der Waals surface area contributed by atoms with Crippen LogP contribution in [0.1, 0.15) is 37.3 Å². The van der Waals surface area contributed by atoms with E-state index in [9.17, 15) is 4.79 Å². The minimum atomic E-state index is -0.330. The van der Waals surface area contributed by atoms with Crippen LogP contribution in [0.3, 0.4) is 0 Å². The van der Waals surface area contributed by atoms with Crippen LogP contribution < -0.4 is 4.74 Å². The Morgan fingerprint density at radius 1 is 1.33 bits per heavy atom. The van der Waals surface area contributed by atoms with Crippen molar-refractivity contribution >= 4 is 6.09 Å². The van der Waals surface area contributed by atoms with E-state index in [4.69, 9.17) is 4.74 Å². The number of hydrogen-bond donors (Lipinski definition) is 0. The SMILES string of the molecule is CN(C)C(=O)Oc1cccc(C2CC3CCCC3N2C)c1. The van der Waals surface area contributed by atoms with Crippen molar-refractivity contribution < 1.29 is 9.53 Å². The minimum absolute atomic E-state index is 0.330. The van der Waals surface area contributed by atoms with Gasteiger partial charge in [-0.3, -0.25) is 4.90 Å². The average Bonchev–Trinajstić information content (AvgIpc) is 3.02. The molecule has 1 saturated carbocycles. The van der Waals surface area contributed by atoms with Crippen molar-refractivity contribution in [3.05, 3.63) is 29.8 Å². The first kappa shape index (κ1) is 14.4. The van der Waals surface area contributed by atoms with E-state index in [0.717, 1.165) is 12.0 Å². The van der Waals surface area contributed by atoms with Crippen LogP contribution in [0.4, 0.5) is 4.79 Å². The lowest BCUT2D eigenvalue weighted by molar-refractivity contribution is 0.171. The number of benzene rings is 1. The van der Waals surface area contributed by atoms with E-state index in [1.165, 1.54) is 36.1 Å². The van der Waals surface area contributed by atoms with Crippen molar-refractivity contribution in [3.8, 4) is 5.75 Å². The number of rotatable bonds is 2. The molecule has 1 aromatic rings. The molecule has 1 heterocycles. The van der Waals surface area contributed by atoms with Gasteiger partial charge in [0, 0.05) is 26.2 Å². The van der Waals surface area contributed by atoms with Gasteiger partial charge >= 0.3 is 6.09 Å². The molecule has 0 N–H and O–H groups in total. The second kappa shape index (κ2) is 5.68. The molecule has 1 aromatic carbocycles. The van der Waals surface area contributed by atoms with Crippen molar-refractivity contribution in [2.24, 2.45) is 5.92 Å². The highest BCUT2D eigenvalue weighted by atomic mass is 16.6. The summed E-state index contributed by atoms with van der Waals surface area (Å²) in [6, 6.07) is 9.19. The fourth-order valence-corrected chi connectivity index (χ4v) is 3.86. The molecular weight excluding hydrogens is 264 g/mol. The Morgan fingerprint density at radius 3 is 2.86 bits per heavy atom. The summed E-state index contributed by atoms with van der Waals surface area (Å²) in [6.45, 7) is 0. The van der Waals surface area contributed by atoms with E-state index >= 15 is 0 Å². The third kappa shape index (κ3) is 2.77. The normalized spacial score (nSPS) is 28.4. The third-order valence-electron chi connectivity index (χ3n) is 4.97. The number of likely N-dealkylation sites (tertiary alicyclic amines) is 1. The summed E-state index contributed by atoms with van der Waals surface area (Å²) in [6.07, 6.45) is 4.95. The Labute approximate surface area is 126 Å². The number of hydrogen-bond acceptors (Lipinski definition) is 3. The van der Waals surface area contributed by atoms with Gasteiger partial charge in [0.2, 0.25) is 0 Å². The van der Waals surface area contributed by atoms with E-state index in [1.54, 1.807) is 14.1 Å². The zero-order valence-electron chi connectivity index (χ0n) is 13.1. The summed E-state index contributed by atoms with van der Waals surface area (Å²) in [5.74, 6) is 1.48. The molecule has 1 amide bonds. The maximum atomic E-state index is 11.7. The first-order valence-corrected chi connectivity index (χ1v) is 7.77. The van der Waals surface area contributed by atoms with Crippen LogP contribution in [0.25, 0.3) is 0 Å². The van der Waals surface area contributed by atoms with Crippen LogP contribution in [0.5, 0.6) is 5.75 Å². The molecule has 21 heavy (non-hydrogen) atoms. The maximum absolute atomic E-state index is 11.7. The Bertz CT molecular complexity index is 529. The van der Waals surface area contributed by atoms with Crippen LogP contribution in [-0.2, 0) is 0 Å². The van der Waals surface area contributed by atoms with Crippen LogP contribution in [0.2, 0.25) is 0 Å². The summed E-state index contributed by atoms with van der Waals surface area (Å²) in [7, 11) is 5.62. The molecule has 0 aromatic heterocycles. The van der Waals surface area contributed by atoms with Gasteiger partial charge in [0.1, 0.15) is 5.75 Å². The van der Waals surface area contributed by atoms with E-state index in [-0.39, 0.29) is 6.09 Å². The molecule has 1 aliphatic heterocycles. The third-order valence-corrected chi connectivity index (χ3v) is 4.97. The Morgan fingerprint density at radius 2 is 2.14 bits per heavy atom. The van der Waals surface area contributed by atoms with Gasteiger partial charge in [-0.1, -0.05) is 18.6 Å². The zero-order valence-corrected chi connectivity index (χ0v) is 13.1. The van der Waals surface area contributed by atoms with E-state index in [2.05, 4.69) is 18.0 Å². The van der Waals surface area contributed by atoms with Gasteiger partial charge in [0.05, 0.1) is 0 Å². The van der Waals surface area contributed by atoms with E-state index in [1.807, 2.05) is 18.2 Å². The van der Waals surface area contributed by atoms with Gasteiger partial charge in [-0.25, -0.2) is 4.79 Å². The summed E-state index contributed by atoms with van der Waals surface area (Å²) >= 11 is 0. The second-order valence-electron chi connectivity index (χ2n) is 6.51. The van der Waals surface area contributed by atoms with Gasteiger partial charge in [0.25, 0.3) is 0 Å². The van der Waals surface area contributed by atoms with Crippen molar-refractivity contribution in [2.45, 2.75) is 37.8 Å². The monoisotopic (exact) mass is 288 g/mol. The summed E-state index contributed by atoms with van der Waals surface area (Å²) in [5, 5.41) is 0. The predicted molar refractivity (Wildman–Crippen MR) is 82.4 cm³/mol. The van der Waals surface area contributed by atoms with Crippen LogP contribution >= 0.6 is 0 Å². The highest BCUT2D eigenvalue weighted by Gasteiger charge is 2.41. The number of ether oxygens (including phenoxy) is 1. The average molecular weight is 288 g/mol. The number of amides is 1. The molecule has 0 spiro atoms. The smallest absolute Gasteiger partial charge is 0.410 e. The van der Waals surface area contributed by atoms with Crippen molar-refractivity contribution in [1.82, 2.24) is 9.80 Å². The lowest BCUT2D eigenvalue weighted by atomic mass is 9.98. The van der Waals surface area contributed by atoms with Crippen LogP contribution in [-0.4, -0.2) is 43.1 Å². The molecule has 3 rings (SSSR count). The molecule has 4 heteroatoms. The van der Waals surface area contributed by atoms with Gasteiger partial charge in [-0.05, 0) is 49.9 Å². The van der Waals surface area contributed by atoms with E-state index < -0.39 is 0 Å². The molecule has 3 unspecified atom stereocenters. The molecule has 0 radical (unpaired) electrons. The maximum Gasteiger partial charge on any atom is 0.414 e. The number of carbonyl (C=O) groups excluding carboxylic acids is 1. The first-order chi connectivity index (χ1) is 10.1. The molecule has 2 fully saturated rings. The van der Waals surface area contributed by atoms with Crippen molar-refractivity contribution in [1.29, 1.82) is 0 Å². The quantitative estimate of drug-likeness (QED) is 0.837. The van der Waals surface area contributed by atoms with Gasteiger partial charge < -0.3 is 9.64 Å². The van der Waals surface area contributed by atoms with Crippen LogP contribution in [0.15, 0.2) is 24.3 Å². The molecule has 1 saturated heterocycles. The molecule has 2 aliphatic rings. The standard InChI is InChI=1S/C17H24N2O2/c1-18(2)17(20)21-14-8-4-6-12(10-14)16-11-13-7-5-9-15(13)19(16)3/h4,6,8,10,13,15-16H,5,7,9,11H2,1-3H3. The topological polar surface area (TPSA) is 32.8 Å². The number of nitrogens with zero attached hydrogens (tertiary/aromatic N) is 2. The molecule has 4 nitrogen and oxygen atoms in total. The fraction of sp³-hybridized carbons (Fsp3) is 0.588. The van der Waals surface area contributed by atoms with E-state index in [0.29, 0.717) is 11.8 Å². The number of fused-ring (bicyclic) bond motifs is 1. The highest BCUT2D eigenvalue weighted by Crippen LogP contribution is 2.46. The van der Waals surface area contributed by atoms with Crippen molar-refractivity contribution in [3.63, 3.8) is 0 Å². The molecular formula is C17H24N2O2. The second-order valence-corrected chi connectivity index (χ2v) is 6.51. The first-order valence-electron chi connectivity index (χ1n) is 7.77. The van der Waals surface area contributed by atoms with Gasteiger partial charge in [0.15, 0.2) is 0 Å². The molecule has 114 valence electrons.